The van der Waals surface area contributed by atoms with Crippen LogP contribution in [0, 0.1) is 0 Å². The molecule has 8 nitrogen and oxygen atoms in total. The topological polar surface area (TPSA) is 111 Å². The lowest BCUT2D eigenvalue weighted by Gasteiger charge is -2.15. The molecule has 10 heteroatoms. The minimum Gasteiger partial charge on any atom is -0.494 e. The summed E-state index contributed by atoms with van der Waals surface area (Å²) in [5.74, 6) is -1.36. The third-order valence-electron chi connectivity index (χ3n) is 4.43. The van der Waals surface area contributed by atoms with Crippen LogP contribution in [0.25, 0.3) is 11.1 Å². The van der Waals surface area contributed by atoms with Gasteiger partial charge in [0.1, 0.15) is 10.9 Å². The minimum atomic E-state index is -1.16. The van der Waals surface area contributed by atoms with Crippen molar-refractivity contribution in [3.63, 3.8) is 0 Å². The van der Waals surface area contributed by atoms with Gasteiger partial charge in [0.25, 0.3) is 11.5 Å². The zero-order chi connectivity index (χ0) is 21.8. The highest BCUT2D eigenvalue weighted by Gasteiger charge is 2.23. The summed E-state index contributed by atoms with van der Waals surface area (Å²) in [4.78, 5) is 36.7. The van der Waals surface area contributed by atoms with E-state index in [1.54, 1.807) is 42.8 Å². The average Bonchev–Trinajstić information content (AvgIpc) is 3.16. The molecule has 156 valence electrons. The molecule has 0 spiro atoms. The van der Waals surface area contributed by atoms with Crippen LogP contribution in [-0.4, -0.2) is 39.9 Å². The molecule has 30 heavy (non-hydrogen) atoms. The van der Waals surface area contributed by atoms with E-state index in [-0.39, 0.29) is 21.9 Å². The fourth-order valence-corrected chi connectivity index (χ4v) is 3.91. The fraction of sp³-hybridized carbons (Fsp3) is 0.200. The first-order chi connectivity index (χ1) is 14.3. The van der Waals surface area contributed by atoms with Crippen molar-refractivity contribution in [1.82, 2.24) is 15.1 Å². The number of carbonyl (C=O) groups is 2. The fourth-order valence-electron chi connectivity index (χ4n) is 2.87. The molecule has 1 amide bonds. The molecule has 0 aliphatic carbocycles. The number of hydrogen-bond donors (Lipinski definition) is 2. The first kappa shape index (κ1) is 21.5. The normalized spacial score (nSPS) is 11.7. The Labute approximate surface area is 180 Å². The summed E-state index contributed by atoms with van der Waals surface area (Å²) < 4.78 is 6.45. The average molecular weight is 448 g/mol. The van der Waals surface area contributed by atoms with Gasteiger partial charge in [0.15, 0.2) is 5.75 Å². The van der Waals surface area contributed by atoms with Gasteiger partial charge < -0.3 is 15.2 Å². The summed E-state index contributed by atoms with van der Waals surface area (Å²) in [5, 5.41) is 17.9. The maximum Gasteiger partial charge on any atom is 0.326 e. The van der Waals surface area contributed by atoms with Crippen molar-refractivity contribution in [1.29, 1.82) is 0 Å². The largest absolute Gasteiger partial charge is 0.494 e. The number of amides is 1. The number of hydrogen-bond acceptors (Lipinski definition) is 6. The molecule has 3 rings (SSSR count). The van der Waals surface area contributed by atoms with Gasteiger partial charge in [-0.2, -0.15) is 5.10 Å². The van der Waals surface area contributed by atoms with E-state index in [0.717, 1.165) is 11.3 Å². The highest BCUT2D eigenvalue weighted by molar-refractivity contribution is 7.12. The van der Waals surface area contributed by atoms with Gasteiger partial charge in [-0.05, 0) is 22.6 Å². The molecule has 0 unspecified atom stereocenters. The molecule has 1 aromatic carbocycles. The van der Waals surface area contributed by atoms with Crippen LogP contribution >= 0.6 is 22.9 Å². The Morgan fingerprint density at radius 2 is 2.00 bits per heavy atom. The van der Waals surface area contributed by atoms with E-state index in [1.165, 1.54) is 18.0 Å². The Hall–Kier alpha value is -3.17. The van der Waals surface area contributed by atoms with Crippen LogP contribution in [0.5, 0.6) is 5.75 Å². The monoisotopic (exact) mass is 447 g/mol. The van der Waals surface area contributed by atoms with Crippen molar-refractivity contribution < 1.29 is 19.4 Å². The maximum atomic E-state index is 12.4. The second-order valence-electron chi connectivity index (χ2n) is 6.38. The minimum absolute atomic E-state index is 0.0653. The molecule has 1 atom stereocenters. The second-order valence-corrected chi connectivity index (χ2v) is 7.70. The number of aromatic nitrogens is 2. The number of aliphatic carboxylic acids is 1. The van der Waals surface area contributed by atoms with E-state index in [4.69, 9.17) is 16.3 Å². The summed E-state index contributed by atoms with van der Waals surface area (Å²) in [7, 11) is 2.99. The lowest BCUT2D eigenvalue weighted by Crippen LogP contribution is -2.42. The number of nitrogens with one attached hydrogen (secondary N) is 1. The number of thiophene rings is 1. The third kappa shape index (κ3) is 4.52. The molecule has 0 radical (unpaired) electrons. The van der Waals surface area contributed by atoms with Gasteiger partial charge in [-0.15, -0.1) is 11.3 Å². The van der Waals surface area contributed by atoms with E-state index >= 15 is 0 Å². The molecule has 0 aliphatic heterocycles. The van der Waals surface area contributed by atoms with Crippen molar-refractivity contribution in [2.45, 2.75) is 12.5 Å². The quantitative estimate of drug-likeness (QED) is 0.576. The first-order valence-corrected chi connectivity index (χ1v) is 10.0. The van der Waals surface area contributed by atoms with Crippen molar-refractivity contribution in [3.8, 4) is 16.9 Å². The number of carboxylic acids is 1. The van der Waals surface area contributed by atoms with Gasteiger partial charge in [-0.25, -0.2) is 9.48 Å². The SMILES string of the molecule is COc1cnn(C)c(=O)c1-c1ccc(C[C@H](NC(=O)c2sccc2Cl)C(=O)O)cc1. The summed E-state index contributed by atoms with van der Waals surface area (Å²) in [6, 6.07) is 7.25. The van der Waals surface area contributed by atoms with Gasteiger partial charge in [-0.1, -0.05) is 35.9 Å². The Kier molecular flexibility index (Phi) is 6.53. The summed E-state index contributed by atoms with van der Waals surface area (Å²) in [6.45, 7) is 0. The predicted molar refractivity (Wildman–Crippen MR) is 113 cm³/mol. The van der Waals surface area contributed by atoms with Gasteiger partial charge in [0.2, 0.25) is 0 Å². The zero-order valence-corrected chi connectivity index (χ0v) is 17.7. The third-order valence-corrected chi connectivity index (χ3v) is 5.77. The number of halogens is 1. The van der Waals surface area contributed by atoms with E-state index in [0.29, 0.717) is 22.4 Å². The molecule has 0 saturated carbocycles. The Morgan fingerprint density at radius 3 is 2.57 bits per heavy atom. The van der Waals surface area contributed by atoms with Crippen LogP contribution in [0.15, 0.2) is 46.7 Å². The smallest absolute Gasteiger partial charge is 0.326 e. The molecule has 2 aromatic heterocycles. The molecule has 3 aromatic rings. The number of ether oxygens (including phenoxy) is 1. The molecule has 0 fully saturated rings. The van der Waals surface area contributed by atoms with Crippen molar-refractivity contribution >= 4 is 34.8 Å². The number of aryl methyl sites for hydroxylation is 1. The predicted octanol–water partition coefficient (Wildman–Crippen LogP) is 2.60. The number of carbonyl (C=O) groups excluding carboxylic acids is 1. The molecule has 0 bridgehead atoms. The van der Waals surface area contributed by atoms with Crippen LogP contribution in [0.3, 0.4) is 0 Å². The number of methoxy groups -OCH3 is 1. The van der Waals surface area contributed by atoms with Crippen LogP contribution < -0.4 is 15.6 Å². The number of rotatable bonds is 7. The van der Waals surface area contributed by atoms with E-state index in [2.05, 4.69) is 10.4 Å². The number of carboxylic acid groups (broad SMARTS) is 1. The van der Waals surface area contributed by atoms with Gasteiger partial charge in [0.05, 0.1) is 23.9 Å². The highest BCUT2D eigenvalue weighted by Crippen LogP contribution is 2.26. The highest BCUT2D eigenvalue weighted by atomic mass is 35.5. The molecule has 2 N–H and O–H groups in total. The Balaban J connectivity index is 1.81. The molecule has 2 heterocycles. The lowest BCUT2D eigenvalue weighted by atomic mass is 10.0. The van der Waals surface area contributed by atoms with E-state index in [9.17, 15) is 19.5 Å². The number of benzene rings is 1. The van der Waals surface area contributed by atoms with Crippen molar-refractivity contribution in [2.75, 3.05) is 7.11 Å². The van der Waals surface area contributed by atoms with Crippen LogP contribution in [0.2, 0.25) is 5.02 Å². The Morgan fingerprint density at radius 1 is 1.30 bits per heavy atom. The standard InChI is InChI=1S/C20H18ClN3O5S/c1-24-19(26)16(15(29-2)10-22-24)12-5-3-11(4-6-12)9-14(20(27)28)23-18(25)17-13(21)7-8-30-17/h3-8,10,14H,9H2,1-2H3,(H,23,25)(H,27,28)/t14-/m0/s1. The van der Waals surface area contributed by atoms with Crippen LogP contribution in [0.4, 0.5) is 0 Å². The summed E-state index contributed by atoms with van der Waals surface area (Å²) >= 11 is 7.08. The molecule has 0 saturated heterocycles. The Bertz CT molecular complexity index is 1140. The van der Waals surface area contributed by atoms with E-state index in [1.807, 2.05) is 0 Å². The van der Waals surface area contributed by atoms with Gasteiger partial charge >= 0.3 is 5.97 Å². The van der Waals surface area contributed by atoms with Gasteiger partial charge in [-0.3, -0.25) is 9.59 Å². The first-order valence-electron chi connectivity index (χ1n) is 8.78. The maximum absolute atomic E-state index is 12.4. The van der Waals surface area contributed by atoms with E-state index < -0.39 is 17.9 Å². The molecule has 0 aliphatic rings. The number of nitrogens with zero attached hydrogens (tertiary/aromatic N) is 2. The van der Waals surface area contributed by atoms with Crippen LogP contribution in [-0.2, 0) is 18.3 Å². The zero-order valence-electron chi connectivity index (χ0n) is 16.1. The molecular weight excluding hydrogens is 430 g/mol. The lowest BCUT2D eigenvalue weighted by molar-refractivity contribution is -0.139. The van der Waals surface area contributed by atoms with Crippen molar-refractivity contribution in [3.05, 3.63) is 67.7 Å². The van der Waals surface area contributed by atoms with Crippen LogP contribution in [0.1, 0.15) is 15.2 Å². The summed E-state index contributed by atoms with van der Waals surface area (Å²) in [5.41, 5.74) is 1.33. The van der Waals surface area contributed by atoms with Gasteiger partial charge in [0, 0.05) is 13.5 Å². The summed E-state index contributed by atoms with van der Waals surface area (Å²) in [6.07, 6.45) is 1.52. The van der Waals surface area contributed by atoms with Crippen molar-refractivity contribution in [2.24, 2.45) is 7.05 Å². The second kappa shape index (κ2) is 9.10. The molecular formula is C20H18ClN3O5S.